The number of nitrogens with zero attached hydrogens (tertiary/aromatic N) is 1. The molecular weight excluding hydrogens is 352 g/mol. The van der Waals surface area contributed by atoms with E-state index in [9.17, 15) is 23.6 Å². The molecule has 10 heteroatoms. The standard InChI is InChI=1S/C14H18N2O4.CH4O3S/c1-14(2)13(17)12(15-8-3-4-8)10-7-9(16(18)19)5-6-11(10)20-14;1-5(2,3)4/h5-8,12-13,15,17H,3-4H2,1-2H3;1H3,(H,2,3,4)/t12-,13+;/m1./s1. The molecule has 1 aromatic carbocycles. The van der Waals surface area contributed by atoms with Gasteiger partial charge < -0.3 is 15.2 Å². The molecule has 0 unspecified atom stereocenters. The Hall–Kier alpha value is -1.75. The molecule has 25 heavy (non-hydrogen) atoms. The summed E-state index contributed by atoms with van der Waals surface area (Å²) in [7, 11) is -3.67. The molecule has 1 fully saturated rings. The molecule has 0 bridgehead atoms. The van der Waals surface area contributed by atoms with Gasteiger partial charge >= 0.3 is 0 Å². The van der Waals surface area contributed by atoms with Crippen LogP contribution in [0.4, 0.5) is 5.69 Å². The third kappa shape index (κ3) is 5.36. The Balaban J connectivity index is 0.000000399. The lowest BCUT2D eigenvalue weighted by molar-refractivity contribution is -0.385. The molecule has 0 aromatic heterocycles. The van der Waals surface area contributed by atoms with Gasteiger partial charge in [0.1, 0.15) is 17.5 Å². The summed E-state index contributed by atoms with van der Waals surface area (Å²) in [6, 6.07) is 4.59. The zero-order chi connectivity index (χ0) is 19.0. The lowest BCUT2D eigenvalue weighted by Gasteiger charge is -2.42. The fraction of sp³-hybridized carbons (Fsp3) is 0.600. The van der Waals surface area contributed by atoms with Crippen LogP contribution in [0.15, 0.2) is 18.2 Å². The molecule has 0 saturated heterocycles. The van der Waals surface area contributed by atoms with Gasteiger partial charge in [-0.3, -0.25) is 14.7 Å². The number of non-ortho nitro benzene ring substituents is 1. The minimum atomic E-state index is -3.67. The topological polar surface area (TPSA) is 139 Å². The van der Waals surface area contributed by atoms with Crippen molar-refractivity contribution in [1.82, 2.24) is 5.32 Å². The second-order valence-corrected chi connectivity index (χ2v) is 8.25. The van der Waals surface area contributed by atoms with Crippen LogP contribution in [0.1, 0.15) is 38.3 Å². The summed E-state index contributed by atoms with van der Waals surface area (Å²) in [5.74, 6) is 0.601. The highest BCUT2D eigenvalue weighted by Gasteiger charge is 2.45. The van der Waals surface area contributed by atoms with E-state index in [-0.39, 0.29) is 11.7 Å². The van der Waals surface area contributed by atoms with Gasteiger partial charge in [-0.2, -0.15) is 8.42 Å². The van der Waals surface area contributed by atoms with Gasteiger partial charge in [-0.15, -0.1) is 0 Å². The predicted molar refractivity (Wildman–Crippen MR) is 90.2 cm³/mol. The highest BCUT2D eigenvalue weighted by molar-refractivity contribution is 7.85. The van der Waals surface area contributed by atoms with E-state index < -0.39 is 26.7 Å². The second-order valence-electron chi connectivity index (χ2n) is 6.78. The molecule has 1 saturated carbocycles. The maximum absolute atomic E-state index is 10.9. The first kappa shape index (κ1) is 19.6. The summed E-state index contributed by atoms with van der Waals surface area (Å²) in [4.78, 5) is 10.5. The lowest BCUT2D eigenvalue weighted by atomic mass is 9.86. The quantitative estimate of drug-likeness (QED) is 0.410. The van der Waals surface area contributed by atoms with Crippen molar-refractivity contribution in [3.63, 3.8) is 0 Å². The molecule has 1 aliphatic carbocycles. The number of nitro benzene ring substituents is 1. The lowest BCUT2D eigenvalue weighted by Crippen LogP contribution is -2.52. The normalized spacial score (nSPS) is 24.4. The molecular formula is C15H22N2O7S. The van der Waals surface area contributed by atoms with Crippen LogP contribution in [-0.2, 0) is 10.1 Å². The Morgan fingerprint density at radius 2 is 1.92 bits per heavy atom. The Morgan fingerprint density at radius 1 is 1.36 bits per heavy atom. The first-order valence-corrected chi connectivity index (χ1v) is 9.57. The molecule has 1 heterocycles. The van der Waals surface area contributed by atoms with Crippen molar-refractivity contribution in [1.29, 1.82) is 0 Å². The summed E-state index contributed by atoms with van der Waals surface area (Å²) in [5.41, 5.74) is -0.0461. The fourth-order valence-electron chi connectivity index (χ4n) is 2.59. The van der Waals surface area contributed by atoms with Crippen LogP contribution >= 0.6 is 0 Å². The highest BCUT2D eigenvalue weighted by atomic mass is 32.2. The molecule has 9 nitrogen and oxygen atoms in total. The Labute approximate surface area is 145 Å². The van der Waals surface area contributed by atoms with E-state index in [1.807, 2.05) is 13.8 Å². The maximum Gasteiger partial charge on any atom is 0.270 e. The Bertz CT molecular complexity index is 751. The first-order valence-electron chi connectivity index (χ1n) is 7.72. The number of ether oxygens (including phenoxy) is 1. The average Bonchev–Trinajstić information content (AvgIpc) is 3.25. The van der Waals surface area contributed by atoms with Gasteiger partial charge in [-0.05, 0) is 32.8 Å². The van der Waals surface area contributed by atoms with Crippen molar-refractivity contribution >= 4 is 15.8 Å². The number of rotatable bonds is 3. The summed E-state index contributed by atoms with van der Waals surface area (Å²) < 4.78 is 31.7. The predicted octanol–water partition coefficient (Wildman–Crippen LogP) is 1.42. The van der Waals surface area contributed by atoms with E-state index in [4.69, 9.17) is 9.29 Å². The Kier molecular flexibility index (Phi) is 5.38. The van der Waals surface area contributed by atoms with Crippen molar-refractivity contribution in [2.24, 2.45) is 0 Å². The van der Waals surface area contributed by atoms with Crippen molar-refractivity contribution in [3.05, 3.63) is 33.9 Å². The van der Waals surface area contributed by atoms with Gasteiger partial charge in [-0.25, -0.2) is 0 Å². The van der Waals surface area contributed by atoms with Gasteiger partial charge in [0.2, 0.25) is 0 Å². The molecule has 1 aromatic rings. The van der Waals surface area contributed by atoms with E-state index in [1.54, 1.807) is 6.07 Å². The van der Waals surface area contributed by atoms with Crippen molar-refractivity contribution in [2.45, 2.75) is 50.5 Å². The summed E-state index contributed by atoms with van der Waals surface area (Å²) in [5, 5.41) is 24.8. The largest absolute Gasteiger partial charge is 0.485 e. The van der Waals surface area contributed by atoms with Crippen molar-refractivity contribution < 1.29 is 27.7 Å². The number of nitro groups is 1. The molecule has 140 valence electrons. The van der Waals surface area contributed by atoms with Crippen LogP contribution in [0.5, 0.6) is 5.75 Å². The molecule has 1 aliphatic heterocycles. The maximum atomic E-state index is 10.9. The molecule has 0 radical (unpaired) electrons. The molecule has 2 atom stereocenters. The van der Waals surface area contributed by atoms with Crippen LogP contribution in [0.25, 0.3) is 0 Å². The van der Waals surface area contributed by atoms with Gasteiger partial charge in [0, 0.05) is 23.7 Å². The first-order chi connectivity index (χ1) is 11.4. The SMILES string of the molecule is CC1(C)Oc2ccc([N+](=O)[O-])cc2[C@@H](NC2CC2)[C@@H]1O.CS(=O)(=O)O. The number of nitrogens with one attached hydrogen (secondary N) is 1. The smallest absolute Gasteiger partial charge is 0.270 e. The minimum Gasteiger partial charge on any atom is -0.485 e. The second kappa shape index (κ2) is 6.87. The van der Waals surface area contributed by atoms with Gasteiger partial charge in [0.15, 0.2) is 0 Å². The monoisotopic (exact) mass is 374 g/mol. The summed E-state index contributed by atoms with van der Waals surface area (Å²) in [6.07, 6.45) is 2.12. The highest BCUT2D eigenvalue weighted by Crippen LogP contribution is 2.42. The molecule has 3 N–H and O–H groups in total. The average molecular weight is 374 g/mol. The number of hydrogen-bond donors (Lipinski definition) is 3. The minimum absolute atomic E-state index is 0.0156. The van der Waals surface area contributed by atoms with Gasteiger partial charge in [0.25, 0.3) is 15.8 Å². The molecule has 2 aliphatic rings. The van der Waals surface area contributed by atoms with Crippen LogP contribution in [0.2, 0.25) is 0 Å². The van der Waals surface area contributed by atoms with E-state index >= 15 is 0 Å². The van der Waals surface area contributed by atoms with Crippen LogP contribution in [0, 0.1) is 10.1 Å². The summed E-state index contributed by atoms with van der Waals surface area (Å²) in [6.45, 7) is 3.65. The van der Waals surface area contributed by atoms with E-state index in [2.05, 4.69) is 5.32 Å². The number of fused-ring (bicyclic) bond motifs is 1. The number of hydrogen-bond acceptors (Lipinski definition) is 7. The van der Waals surface area contributed by atoms with Crippen molar-refractivity contribution in [3.8, 4) is 5.75 Å². The third-order valence-electron chi connectivity index (χ3n) is 3.93. The van der Waals surface area contributed by atoms with Crippen LogP contribution in [0.3, 0.4) is 0 Å². The fourth-order valence-corrected chi connectivity index (χ4v) is 2.59. The van der Waals surface area contributed by atoms with Crippen LogP contribution in [-0.4, -0.2) is 47.0 Å². The van der Waals surface area contributed by atoms with E-state index in [1.165, 1.54) is 12.1 Å². The number of benzene rings is 1. The van der Waals surface area contributed by atoms with Crippen molar-refractivity contribution in [2.75, 3.05) is 6.26 Å². The summed E-state index contributed by atoms with van der Waals surface area (Å²) >= 11 is 0. The Morgan fingerprint density at radius 3 is 2.40 bits per heavy atom. The van der Waals surface area contributed by atoms with Gasteiger partial charge in [0.05, 0.1) is 17.2 Å². The van der Waals surface area contributed by atoms with Crippen LogP contribution < -0.4 is 10.1 Å². The zero-order valence-electron chi connectivity index (χ0n) is 14.2. The zero-order valence-corrected chi connectivity index (χ0v) is 15.0. The van der Waals surface area contributed by atoms with Gasteiger partial charge in [-0.1, -0.05) is 0 Å². The molecule has 3 rings (SSSR count). The molecule has 0 amide bonds. The molecule has 0 spiro atoms. The number of aliphatic hydroxyl groups is 1. The number of aliphatic hydroxyl groups excluding tert-OH is 1. The van der Waals surface area contributed by atoms with E-state index in [0.29, 0.717) is 23.6 Å². The van der Waals surface area contributed by atoms with E-state index in [0.717, 1.165) is 12.8 Å². The third-order valence-corrected chi connectivity index (χ3v) is 3.93.